The lowest BCUT2D eigenvalue weighted by Gasteiger charge is -2.10. The van der Waals surface area contributed by atoms with Gasteiger partial charge in [0, 0.05) is 23.1 Å². The van der Waals surface area contributed by atoms with Crippen molar-refractivity contribution >= 4 is 40.6 Å². The molecule has 0 aliphatic rings. The highest BCUT2D eigenvalue weighted by Gasteiger charge is 2.03. The molecule has 2 rings (SSSR count). The quantitative estimate of drug-likeness (QED) is 0.443. The number of carbonyl (C=O) groups is 1. The molecule has 0 atom stereocenters. The van der Waals surface area contributed by atoms with Gasteiger partial charge in [0.25, 0.3) is 0 Å². The Kier molecular flexibility index (Phi) is 7.18. The summed E-state index contributed by atoms with van der Waals surface area (Å²) in [7, 11) is 0. The average molecular weight is 367 g/mol. The van der Waals surface area contributed by atoms with Crippen LogP contribution >= 0.6 is 23.2 Å². The second-order valence-electron chi connectivity index (χ2n) is 5.28. The van der Waals surface area contributed by atoms with Crippen LogP contribution in [0.3, 0.4) is 0 Å². The zero-order valence-electron chi connectivity index (χ0n) is 13.1. The molecule has 2 aromatic carbocycles. The van der Waals surface area contributed by atoms with Crippen LogP contribution in [0.2, 0.25) is 10.0 Å². The van der Waals surface area contributed by atoms with Gasteiger partial charge in [0.1, 0.15) is 0 Å². The summed E-state index contributed by atoms with van der Waals surface area (Å²) < 4.78 is 0. The highest BCUT2D eigenvalue weighted by atomic mass is 35.5. The van der Waals surface area contributed by atoms with Crippen molar-refractivity contribution < 1.29 is 4.79 Å². The van der Waals surface area contributed by atoms with Gasteiger partial charge in [-0.2, -0.15) is 0 Å². The van der Waals surface area contributed by atoms with Crippen LogP contribution in [0.1, 0.15) is 12.0 Å². The molecule has 0 aliphatic heterocycles. The Balaban J connectivity index is 1.61. The number of halogens is 2. The van der Waals surface area contributed by atoms with Crippen LogP contribution in [-0.4, -0.2) is 19.1 Å². The van der Waals surface area contributed by atoms with Gasteiger partial charge in [-0.25, -0.2) is 4.79 Å². The Morgan fingerprint density at radius 1 is 1.04 bits per heavy atom. The molecule has 2 amide bonds. The third kappa shape index (κ3) is 6.28. The van der Waals surface area contributed by atoms with E-state index in [4.69, 9.17) is 28.9 Å². The second-order valence-corrected chi connectivity index (χ2v) is 6.15. The summed E-state index contributed by atoms with van der Waals surface area (Å²) in [6, 6.07) is 12.3. The molecular weight excluding hydrogens is 347 g/mol. The van der Waals surface area contributed by atoms with E-state index in [1.165, 1.54) is 0 Å². The van der Waals surface area contributed by atoms with E-state index in [-0.39, 0.29) is 6.03 Å². The van der Waals surface area contributed by atoms with Gasteiger partial charge >= 0.3 is 6.03 Å². The standard InChI is InChI=1S/C17H20Cl2N4O/c18-13-8-12(9-14(19)10-13)11-21-6-3-7-22-17(24)23-16-5-2-1-4-15(16)20/h1-2,4-5,8-10,21H,3,6-7,11,20H2,(H2,22,23,24). The molecule has 24 heavy (non-hydrogen) atoms. The third-order valence-corrected chi connectivity index (χ3v) is 3.71. The van der Waals surface area contributed by atoms with E-state index in [1.54, 1.807) is 18.2 Å². The highest BCUT2D eigenvalue weighted by Crippen LogP contribution is 2.19. The Bertz CT molecular complexity index is 674. The number of hydrogen-bond acceptors (Lipinski definition) is 3. The summed E-state index contributed by atoms with van der Waals surface area (Å²) in [5.41, 5.74) is 7.93. The Morgan fingerprint density at radius 2 is 1.75 bits per heavy atom. The molecule has 0 spiro atoms. The molecule has 5 nitrogen and oxygen atoms in total. The van der Waals surface area contributed by atoms with Gasteiger partial charge in [-0.05, 0) is 48.9 Å². The topological polar surface area (TPSA) is 79.2 Å². The minimum absolute atomic E-state index is 0.269. The first-order chi connectivity index (χ1) is 11.5. The molecule has 0 saturated carbocycles. The molecule has 5 N–H and O–H groups in total. The number of benzene rings is 2. The van der Waals surface area contributed by atoms with E-state index >= 15 is 0 Å². The smallest absolute Gasteiger partial charge is 0.319 e. The fourth-order valence-corrected chi connectivity index (χ4v) is 2.71. The molecule has 0 saturated heterocycles. The molecule has 0 fully saturated rings. The van der Waals surface area contributed by atoms with Crippen LogP contribution in [0, 0.1) is 0 Å². The van der Waals surface area contributed by atoms with Crippen LogP contribution < -0.4 is 21.7 Å². The van der Waals surface area contributed by atoms with Crippen LogP contribution in [0.4, 0.5) is 16.2 Å². The first kappa shape index (κ1) is 18.4. The van der Waals surface area contributed by atoms with Crippen LogP contribution in [0.5, 0.6) is 0 Å². The molecule has 0 heterocycles. The van der Waals surface area contributed by atoms with E-state index in [9.17, 15) is 4.79 Å². The molecule has 0 bridgehead atoms. The number of amides is 2. The van der Waals surface area contributed by atoms with Gasteiger partial charge in [0.15, 0.2) is 0 Å². The van der Waals surface area contributed by atoms with E-state index in [2.05, 4.69) is 16.0 Å². The fourth-order valence-electron chi connectivity index (χ4n) is 2.14. The number of hydrogen-bond donors (Lipinski definition) is 4. The summed E-state index contributed by atoms with van der Waals surface area (Å²) in [5.74, 6) is 0. The maximum absolute atomic E-state index is 11.8. The molecule has 7 heteroatoms. The Morgan fingerprint density at radius 3 is 2.46 bits per heavy atom. The van der Waals surface area contributed by atoms with Crippen molar-refractivity contribution in [2.45, 2.75) is 13.0 Å². The van der Waals surface area contributed by atoms with Crippen molar-refractivity contribution in [3.8, 4) is 0 Å². The highest BCUT2D eigenvalue weighted by molar-refractivity contribution is 6.34. The summed E-state index contributed by atoms with van der Waals surface area (Å²) >= 11 is 11.9. The van der Waals surface area contributed by atoms with E-state index in [0.717, 1.165) is 18.5 Å². The number of urea groups is 1. The number of anilines is 2. The monoisotopic (exact) mass is 366 g/mol. The first-order valence-electron chi connectivity index (χ1n) is 7.59. The van der Waals surface area contributed by atoms with E-state index in [1.807, 2.05) is 24.3 Å². The van der Waals surface area contributed by atoms with Gasteiger partial charge in [-0.1, -0.05) is 35.3 Å². The van der Waals surface area contributed by atoms with Crippen LogP contribution in [0.15, 0.2) is 42.5 Å². The van der Waals surface area contributed by atoms with Crippen molar-refractivity contribution in [3.05, 3.63) is 58.1 Å². The molecule has 0 aromatic heterocycles. The predicted octanol–water partition coefficient (Wildman–Crippen LogP) is 3.88. The van der Waals surface area contributed by atoms with Gasteiger partial charge in [0.2, 0.25) is 0 Å². The van der Waals surface area contributed by atoms with Crippen molar-refractivity contribution in [2.24, 2.45) is 0 Å². The van der Waals surface area contributed by atoms with Crippen molar-refractivity contribution in [1.29, 1.82) is 0 Å². The summed E-state index contributed by atoms with van der Waals surface area (Å²) in [6.07, 6.45) is 0.798. The normalized spacial score (nSPS) is 10.4. The molecule has 0 radical (unpaired) electrons. The van der Waals surface area contributed by atoms with E-state index < -0.39 is 0 Å². The maximum atomic E-state index is 11.8. The van der Waals surface area contributed by atoms with Crippen molar-refractivity contribution in [1.82, 2.24) is 10.6 Å². The zero-order chi connectivity index (χ0) is 17.4. The van der Waals surface area contributed by atoms with Gasteiger partial charge < -0.3 is 21.7 Å². The number of rotatable bonds is 7. The predicted molar refractivity (Wildman–Crippen MR) is 101 cm³/mol. The summed E-state index contributed by atoms with van der Waals surface area (Å²) in [6.45, 7) is 1.99. The van der Waals surface area contributed by atoms with Crippen molar-refractivity contribution in [2.75, 3.05) is 24.1 Å². The number of nitrogens with one attached hydrogen (secondary N) is 3. The first-order valence-corrected chi connectivity index (χ1v) is 8.35. The molecule has 128 valence electrons. The van der Waals surface area contributed by atoms with Crippen LogP contribution in [0.25, 0.3) is 0 Å². The lowest BCUT2D eigenvalue weighted by Crippen LogP contribution is -2.31. The third-order valence-electron chi connectivity index (χ3n) is 3.28. The lowest BCUT2D eigenvalue weighted by atomic mass is 10.2. The molecule has 0 unspecified atom stereocenters. The molecule has 0 aliphatic carbocycles. The van der Waals surface area contributed by atoms with Crippen LogP contribution in [-0.2, 0) is 6.54 Å². The zero-order valence-corrected chi connectivity index (χ0v) is 14.6. The minimum atomic E-state index is -0.269. The van der Waals surface area contributed by atoms with E-state index in [0.29, 0.717) is 34.5 Å². The second kappa shape index (κ2) is 9.37. The largest absolute Gasteiger partial charge is 0.397 e. The average Bonchev–Trinajstić information content (AvgIpc) is 2.52. The van der Waals surface area contributed by atoms with Gasteiger partial charge in [0.05, 0.1) is 11.4 Å². The van der Waals surface area contributed by atoms with Crippen molar-refractivity contribution in [3.63, 3.8) is 0 Å². The Labute approximate surface area is 151 Å². The SMILES string of the molecule is Nc1ccccc1NC(=O)NCCCNCc1cc(Cl)cc(Cl)c1. The Hall–Kier alpha value is -1.95. The minimum Gasteiger partial charge on any atom is -0.397 e. The van der Waals surface area contributed by atoms with Gasteiger partial charge in [-0.3, -0.25) is 0 Å². The number of nitrogen functional groups attached to an aromatic ring is 1. The van der Waals surface area contributed by atoms with Gasteiger partial charge in [-0.15, -0.1) is 0 Å². The molecule has 2 aromatic rings. The maximum Gasteiger partial charge on any atom is 0.319 e. The fraction of sp³-hybridized carbons (Fsp3) is 0.235. The lowest BCUT2D eigenvalue weighted by molar-refractivity contribution is 0.252. The summed E-state index contributed by atoms with van der Waals surface area (Å²) in [5, 5.41) is 10.0. The number of nitrogens with two attached hydrogens (primary N) is 1. The number of para-hydroxylation sites is 2. The molecular formula is C17H20Cl2N4O. The summed E-state index contributed by atoms with van der Waals surface area (Å²) in [4.78, 5) is 11.8. The number of carbonyl (C=O) groups excluding carboxylic acids is 1.